The summed E-state index contributed by atoms with van der Waals surface area (Å²) < 4.78 is 9.67. The average molecular weight is 1050 g/mol. The summed E-state index contributed by atoms with van der Waals surface area (Å²) in [7, 11) is 9.85. The van der Waals surface area contributed by atoms with E-state index in [1.807, 2.05) is 111 Å². The summed E-state index contributed by atoms with van der Waals surface area (Å²) in [5.74, 6) is 3.52. The van der Waals surface area contributed by atoms with E-state index in [0.717, 1.165) is 50.4 Å². The van der Waals surface area contributed by atoms with Crippen molar-refractivity contribution in [3.8, 4) is 0 Å². The van der Waals surface area contributed by atoms with E-state index in [9.17, 15) is 0 Å². The van der Waals surface area contributed by atoms with Crippen molar-refractivity contribution in [3.63, 3.8) is 0 Å². The first-order valence-corrected chi connectivity index (χ1v) is 27.3. The van der Waals surface area contributed by atoms with Crippen LogP contribution in [0.4, 0.5) is 5.69 Å². The predicted octanol–water partition coefficient (Wildman–Crippen LogP) is 14.7. The van der Waals surface area contributed by atoms with Gasteiger partial charge in [0.15, 0.2) is 11.3 Å². The molecule has 0 amide bonds. The Bertz CT molecular complexity index is 3400. The van der Waals surface area contributed by atoms with Crippen LogP contribution in [0, 0.1) is 0 Å². The molecule has 0 aromatic carbocycles. The number of pyridine rings is 6. The quantitative estimate of drug-likeness (QED) is 0.158. The summed E-state index contributed by atoms with van der Waals surface area (Å²) in [6.45, 7) is 28.1. The molecule has 408 valence electrons. The van der Waals surface area contributed by atoms with Crippen molar-refractivity contribution in [2.75, 3.05) is 0 Å². The van der Waals surface area contributed by atoms with E-state index < -0.39 is 0 Å². The molecule has 15 heteroatoms. The zero-order valence-corrected chi connectivity index (χ0v) is 49.3. The fourth-order valence-electron chi connectivity index (χ4n) is 8.64. The molecule has 11 aromatic rings. The van der Waals surface area contributed by atoms with Gasteiger partial charge in [0, 0.05) is 135 Å². The maximum absolute atomic E-state index is 4.42. The Kier molecular flexibility index (Phi) is 18.9. The molecular weight excluding hydrogens is 967 g/mol. The zero-order chi connectivity index (χ0) is 56.5. The number of aromatic nitrogens is 14. The second-order valence-corrected chi connectivity index (χ2v) is 22.3. The largest absolute Gasteiger partial charge is 0.356 e. The van der Waals surface area contributed by atoms with Gasteiger partial charge in [0.25, 0.3) is 0 Å². The lowest BCUT2D eigenvalue weighted by Gasteiger charge is -2.07. The van der Waals surface area contributed by atoms with Crippen LogP contribution in [0.5, 0.6) is 0 Å². The topological polar surface area (TPSA) is 153 Å². The third-order valence-corrected chi connectivity index (χ3v) is 13.9. The van der Waals surface area contributed by atoms with Crippen molar-refractivity contribution in [2.45, 2.75) is 131 Å². The third kappa shape index (κ3) is 14.2. The predicted molar refractivity (Wildman–Crippen MR) is 322 cm³/mol. The van der Waals surface area contributed by atoms with Gasteiger partial charge >= 0.3 is 0 Å². The lowest BCUT2D eigenvalue weighted by atomic mass is 10.0. The molecule has 11 aromatic heterocycles. The first-order chi connectivity index (χ1) is 37.1. The van der Waals surface area contributed by atoms with E-state index in [0.29, 0.717) is 41.4 Å². The van der Waals surface area contributed by atoms with Crippen LogP contribution in [-0.2, 0) is 35.2 Å². The molecule has 0 saturated heterocycles. The molecule has 0 bridgehead atoms. The summed E-state index contributed by atoms with van der Waals surface area (Å²) in [5.41, 5.74) is 14.6. The molecular formula is C63H81N15. The Labute approximate surface area is 461 Å². The van der Waals surface area contributed by atoms with Crippen LogP contribution < -0.4 is 0 Å². The van der Waals surface area contributed by atoms with Crippen LogP contribution in [0.15, 0.2) is 122 Å². The van der Waals surface area contributed by atoms with E-state index in [1.165, 1.54) is 49.5 Å². The molecule has 0 aliphatic carbocycles. The van der Waals surface area contributed by atoms with Crippen LogP contribution in [0.25, 0.3) is 54.9 Å². The van der Waals surface area contributed by atoms with E-state index in [2.05, 4.69) is 200 Å². The molecule has 78 heavy (non-hydrogen) atoms. The number of imidazole rings is 1. The molecule has 1 atom stereocenters. The van der Waals surface area contributed by atoms with Gasteiger partial charge in [0.05, 0.1) is 42.3 Å². The minimum atomic E-state index is 0.454. The van der Waals surface area contributed by atoms with Crippen molar-refractivity contribution in [1.29, 1.82) is 0 Å². The van der Waals surface area contributed by atoms with Crippen molar-refractivity contribution in [2.24, 2.45) is 40.2 Å². The molecule has 1 aliphatic rings. The van der Waals surface area contributed by atoms with E-state index in [1.54, 1.807) is 11.0 Å². The number of hydrogen-bond acceptors (Lipinski definition) is 10. The van der Waals surface area contributed by atoms with E-state index >= 15 is 0 Å². The Balaban J connectivity index is 0.000000136. The van der Waals surface area contributed by atoms with E-state index in [-0.39, 0.29) is 0 Å². The van der Waals surface area contributed by atoms with Crippen molar-refractivity contribution >= 4 is 66.8 Å². The summed E-state index contributed by atoms with van der Waals surface area (Å²) in [4.78, 5) is 34.9. The third-order valence-electron chi connectivity index (χ3n) is 13.9. The first-order valence-electron chi connectivity index (χ1n) is 27.3. The molecule has 12 heterocycles. The van der Waals surface area contributed by atoms with Crippen molar-refractivity contribution in [1.82, 2.24) is 68.2 Å². The van der Waals surface area contributed by atoms with Gasteiger partial charge in [-0.3, -0.25) is 29.3 Å². The lowest BCUT2D eigenvalue weighted by Crippen LogP contribution is -1.95. The standard InChI is InChI=1S/3C11H14N2.3C10H13N3/c1-8(2)11-4-9-6-13(3)7-10(9)5-12-11;1-7(2)10-4-9-8(3)5-12-11(9)6-13-10;1-8(2)10-6-9-4-5-13(3)11(9)12-7-10;1-7(2)9-4-8-5-12-13(3)10(8)6-11-9;1-7(2)8-4-9-10(11-5-8)13(3)6-12-9;1-7(2)8-4-9-6-12-13(3)10(9)11-5-8/h3*4-8H,1-3H3;3*4-7H,1-3H3. The van der Waals surface area contributed by atoms with Gasteiger partial charge in [-0.2, -0.15) is 10.2 Å². The van der Waals surface area contributed by atoms with Gasteiger partial charge in [0.1, 0.15) is 11.2 Å². The molecule has 0 N–H and O–H groups in total. The van der Waals surface area contributed by atoms with Crippen LogP contribution in [-0.4, -0.2) is 74.4 Å². The minimum absolute atomic E-state index is 0.454. The van der Waals surface area contributed by atoms with Gasteiger partial charge in [0.2, 0.25) is 0 Å². The summed E-state index contributed by atoms with van der Waals surface area (Å²) in [5, 5.41) is 14.3. The van der Waals surface area contributed by atoms with Gasteiger partial charge in [-0.25, -0.2) is 19.9 Å². The fraction of sp³-hybridized carbons (Fsp3) is 0.397. The highest BCUT2D eigenvalue weighted by molar-refractivity contribution is 5.82. The van der Waals surface area contributed by atoms with Crippen LogP contribution in [0.2, 0.25) is 0 Å². The molecule has 1 aliphatic heterocycles. The summed E-state index contributed by atoms with van der Waals surface area (Å²) >= 11 is 0. The van der Waals surface area contributed by atoms with Gasteiger partial charge in [-0.05, 0) is 100 Å². The fourth-order valence-corrected chi connectivity index (χ4v) is 8.64. The van der Waals surface area contributed by atoms with Gasteiger partial charge in [-0.15, -0.1) is 0 Å². The number of aryl methyl sites for hydroxylation is 5. The smallest absolute Gasteiger partial charge is 0.159 e. The SMILES string of the molecule is CC(C)c1cc2c(cn1)N=CC2C.CC(C)c1cc2cn(C)cc2cn1.CC(C)c1cc2cnn(C)c2cn1.CC(C)c1cnc2c(c1)ncn2C.CC(C)c1cnc2c(ccn2C)c1.CC(C)c1cnc2c(cnn2C)c1. The maximum atomic E-state index is 4.42. The molecule has 0 fully saturated rings. The van der Waals surface area contributed by atoms with E-state index in [4.69, 9.17) is 0 Å². The highest BCUT2D eigenvalue weighted by Gasteiger charge is 2.16. The number of hydrogen-bond donors (Lipinski definition) is 0. The van der Waals surface area contributed by atoms with Crippen molar-refractivity contribution < 1.29 is 0 Å². The second kappa shape index (κ2) is 25.5. The van der Waals surface area contributed by atoms with Gasteiger partial charge < -0.3 is 13.7 Å². The molecule has 12 rings (SSSR count). The first kappa shape index (κ1) is 57.8. The number of rotatable bonds is 6. The lowest BCUT2D eigenvalue weighted by molar-refractivity contribution is 0.784. The Morgan fingerprint density at radius 1 is 0.423 bits per heavy atom. The summed E-state index contributed by atoms with van der Waals surface area (Å²) in [6, 6.07) is 15.0. The number of nitrogens with zero attached hydrogens (tertiary/aromatic N) is 15. The number of fused-ring (bicyclic) bond motifs is 6. The van der Waals surface area contributed by atoms with Crippen LogP contribution in [0.1, 0.15) is 171 Å². The highest BCUT2D eigenvalue weighted by atomic mass is 15.3. The summed E-state index contributed by atoms with van der Waals surface area (Å²) in [6.07, 6.45) is 25.3. The molecule has 1 unspecified atom stereocenters. The molecule has 0 radical (unpaired) electrons. The van der Waals surface area contributed by atoms with Crippen LogP contribution >= 0.6 is 0 Å². The zero-order valence-electron chi connectivity index (χ0n) is 49.3. The normalized spacial score (nSPS) is 12.7. The minimum Gasteiger partial charge on any atom is -0.356 e. The second-order valence-electron chi connectivity index (χ2n) is 22.3. The van der Waals surface area contributed by atoms with Crippen LogP contribution in [0.3, 0.4) is 0 Å². The van der Waals surface area contributed by atoms with Crippen molar-refractivity contribution in [3.05, 3.63) is 156 Å². The monoisotopic (exact) mass is 1050 g/mol. The van der Waals surface area contributed by atoms with Gasteiger partial charge in [-0.1, -0.05) is 90.0 Å². The molecule has 15 nitrogen and oxygen atoms in total. The highest BCUT2D eigenvalue weighted by Crippen LogP contribution is 2.33. The number of aliphatic imine (C=N–C) groups is 1. The molecule has 0 spiro atoms. The maximum Gasteiger partial charge on any atom is 0.159 e. The Hall–Kier alpha value is -7.94. The average Bonchev–Trinajstić information content (AvgIpc) is 4.32. The Morgan fingerprint density at radius 3 is 1.59 bits per heavy atom. The molecule has 0 saturated carbocycles. The Morgan fingerprint density at radius 2 is 0.949 bits per heavy atom.